The van der Waals surface area contributed by atoms with E-state index in [4.69, 9.17) is 5.73 Å². The molecule has 1 fully saturated rings. The Bertz CT molecular complexity index is 299. The van der Waals surface area contributed by atoms with Crippen LogP contribution in [0.5, 0.6) is 0 Å². The lowest BCUT2D eigenvalue weighted by molar-refractivity contribution is -0.143. The first kappa shape index (κ1) is 14.9. The minimum absolute atomic E-state index is 0.00252. The fraction of sp³-hybridized carbons (Fsp3) is 0.833. The van der Waals surface area contributed by atoms with Crippen LogP contribution in [-0.2, 0) is 14.3 Å². The third-order valence-corrected chi connectivity index (χ3v) is 3.27. The Morgan fingerprint density at radius 2 is 1.78 bits per heavy atom. The van der Waals surface area contributed by atoms with Crippen LogP contribution in [0.4, 0.5) is 0 Å². The van der Waals surface area contributed by atoms with Gasteiger partial charge in [-0.1, -0.05) is 13.8 Å². The van der Waals surface area contributed by atoms with Crippen LogP contribution in [0.3, 0.4) is 0 Å². The summed E-state index contributed by atoms with van der Waals surface area (Å²) in [5.74, 6) is -0.0954. The average molecular weight is 257 g/mol. The van der Waals surface area contributed by atoms with Crippen LogP contribution >= 0.6 is 0 Å². The van der Waals surface area contributed by atoms with Gasteiger partial charge < -0.3 is 15.4 Å². The molecule has 0 aromatic heterocycles. The van der Waals surface area contributed by atoms with Gasteiger partial charge in [0.2, 0.25) is 5.91 Å². The van der Waals surface area contributed by atoms with Crippen LogP contribution in [-0.4, -0.2) is 67.6 Å². The van der Waals surface area contributed by atoms with E-state index in [2.05, 4.69) is 4.74 Å². The maximum Gasteiger partial charge on any atom is 0.319 e. The summed E-state index contributed by atoms with van der Waals surface area (Å²) < 4.78 is 4.62. The topological polar surface area (TPSA) is 75.9 Å². The van der Waals surface area contributed by atoms with Crippen LogP contribution in [0.15, 0.2) is 0 Å². The van der Waals surface area contributed by atoms with Gasteiger partial charge in [-0.2, -0.15) is 0 Å². The van der Waals surface area contributed by atoms with E-state index < -0.39 is 6.04 Å². The molecule has 1 atom stereocenters. The standard InChI is InChI=1S/C12H23N3O3/c1-9(2)11(13)12(17)15-6-4-14(5-7-15)8-10(16)18-3/h9,11H,4-8,13H2,1-3H3/t11-/m0/s1. The number of amides is 1. The summed E-state index contributed by atoms with van der Waals surface area (Å²) in [6.07, 6.45) is 0. The van der Waals surface area contributed by atoms with Gasteiger partial charge in [-0.05, 0) is 5.92 Å². The molecule has 0 bridgehead atoms. The molecule has 0 aromatic carbocycles. The average Bonchev–Trinajstić information content (AvgIpc) is 2.37. The van der Waals surface area contributed by atoms with Crippen molar-refractivity contribution in [3.8, 4) is 0 Å². The van der Waals surface area contributed by atoms with Gasteiger partial charge in [0.1, 0.15) is 0 Å². The Hall–Kier alpha value is -1.14. The number of ether oxygens (including phenoxy) is 1. The largest absolute Gasteiger partial charge is 0.468 e. The molecule has 1 aliphatic rings. The van der Waals surface area contributed by atoms with Gasteiger partial charge in [0, 0.05) is 26.2 Å². The molecule has 1 aliphatic heterocycles. The molecule has 1 rings (SSSR count). The van der Waals surface area contributed by atoms with Crippen LogP contribution in [0.25, 0.3) is 0 Å². The second-order valence-electron chi connectivity index (χ2n) is 4.95. The lowest BCUT2D eigenvalue weighted by Gasteiger charge is -2.35. The normalized spacial score (nSPS) is 18.8. The number of rotatable bonds is 4. The van der Waals surface area contributed by atoms with Crippen molar-refractivity contribution in [1.29, 1.82) is 0 Å². The highest BCUT2D eigenvalue weighted by atomic mass is 16.5. The van der Waals surface area contributed by atoms with Crippen molar-refractivity contribution in [3.63, 3.8) is 0 Å². The maximum absolute atomic E-state index is 12.0. The van der Waals surface area contributed by atoms with Gasteiger partial charge in [0.25, 0.3) is 0 Å². The zero-order chi connectivity index (χ0) is 13.7. The molecule has 0 aromatic rings. The Labute approximate surface area is 108 Å². The van der Waals surface area contributed by atoms with Gasteiger partial charge in [-0.15, -0.1) is 0 Å². The smallest absolute Gasteiger partial charge is 0.319 e. The number of hydrogen-bond donors (Lipinski definition) is 1. The molecule has 0 spiro atoms. The molecule has 1 amide bonds. The predicted octanol–water partition coefficient (Wildman–Crippen LogP) is -0.713. The molecule has 6 heteroatoms. The first-order valence-electron chi connectivity index (χ1n) is 6.29. The van der Waals surface area contributed by atoms with Gasteiger partial charge in [0.15, 0.2) is 0 Å². The third-order valence-electron chi connectivity index (χ3n) is 3.27. The van der Waals surface area contributed by atoms with E-state index in [1.807, 2.05) is 18.7 Å². The number of nitrogens with two attached hydrogens (primary N) is 1. The number of hydrogen-bond acceptors (Lipinski definition) is 5. The Morgan fingerprint density at radius 1 is 1.22 bits per heavy atom. The minimum Gasteiger partial charge on any atom is -0.468 e. The highest BCUT2D eigenvalue weighted by Crippen LogP contribution is 2.07. The number of methoxy groups -OCH3 is 1. The molecule has 2 N–H and O–H groups in total. The SMILES string of the molecule is COC(=O)CN1CCN(C(=O)[C@@H](N)C(C)C)CC1. The monoisotopic (exact) mass is 257 g/mol. The zero-order valence-corrected chi connectivity index (χ0v) is 11.4. The Kier molecular flexibility index (Phi) is 5.55. The predicted molar refractivity (Wildman–Crippen MR) is 67.8 cm³/mol. The second kappa shape index (κ2) is 6.70. The summed E-state index contributed by atoms with van der Waals surface area (Å²) in [5, 5.41) is 0. The van der Waals surface area contributed by atoms with E-state index in [0.29, 0.717) is 26.2 Å². The van der Waals surface area contributed by atoms with Crippen LogP contribution in [0, 0.1) is 5.92 Å². The fourth-order valence-corrected chi connectivity index (χ4v) is 1.87. The van der Waals surface area contributed by atoms with E-state index in [9.17, 15) is 9.59 Å². The van der Waals surface area contributed by atoms with Crippen LogP contribution < -0.4 is 5.73 Å². The minimum atomic E-state index is -0.433. The van der Waals surface area contributed by atoms with Crippen molar-refractivity contribution in [2.75, 3.05) is 39.8 Å². The number of piperazine rings is 1. The molecule has 6 nitrogen and oxygen atoms in total. The molecule has 0 saturated carbocycles. The van der Waals surface area contributed by atoms with Gasteiger partial charge in [0.05, 0.1) is 19.7 Å². The molecular formula is C12H23N3O3. The van der Waals surface area contributed by atoms with Crippen molar-refractivity contribution >= 4 is 11.9 Å². The molecule has 0 radical (unpaired) electrons. The first-order chi connectivity index (χ1) is 8.45. The Morgan fingerprint density at radius 3 is 2.22 bits per heavy atom. The van der Waals surface area contributed by atoms with Crippen molar-refractivity contribution in [1.82, 2.24) is 9.80 Å². The summed E-state index contributed by atoms with van der Waals surface area (Å²) in [6, 6.07) is -0.433. The molecule has 1 saturated heterocycles. The third kappa shape index (κ3) is 3.96. The van der Waals surface area contributed by atoms with E-state index in [0.717, 1.165) is 0 Å². The van der Waals surface area contributed by atoms with Gasteiger partial charge in [-0.25, -0.2) is 0 Å². The summed E-state index contributed by atoms with van der Waals surface area (Å²) in [7, 11) is 1.38. The van der Waals surface area contributed by atoms with Crippen molar-refractivity contribution in [3.05, 3.63) is 0 Å². The maximum atomic E-state index is 12.0. The molecule has 0 aliphatic carbocycles. The molecule has 104 valence electrons. The molecular weight excluding hydrogens is 234 g/mol. The highest BCUT2D eigenvalue weighted by Gasteiger charge is 2.27. The lowest BCUT2D eigenvalue weighted by Crippen LogP contribution is -2.54. The quantitative estimate of drug-likeness (QED) is 0.673. The van der Waals surface area contributed by atoms with Crippen molar-refractivity contribution < 1.29 is 14.3 Å². The second-order valence-corrected chi connectivity index (χ2v) is 4.95. The van der Waals surface area contributed by atoms with E-state index in [-0.39, 0.29) is 24.3 Å². The van der Waals surface area contributed by atoms with Gasteiger partial charge in [-0.3, -0.25) is 14.5 Å². The summed E-state index contributed by atoms with van der Waals surface area (Å²) in [4.78, 5) is 26.9. The van der Waals surface area contributed by atoms with Crippen LogP contribution in [0.1, 0.15) is 13.8 Å². The zero-order valence-electron chi connectivity index (χ0n) is 11.4. The van der Waals surface area contributed by atoms with Crippen LogP contribution in [0.2, 0.25) is 0 Å². The summed E-state index contributed by atoms with van der Waals surface area (Å²) >= 11 is 0. The summed E-state index contributed by atoms with van der Waals surface area (Å²) in [6.45, 7) is 6.78. The first-order valence-corrected chi connectivity index (χ1v) is 6.29. The highest BCUT2D eigenvalue weighted by molar-refractivity contribution is 5.82. The van der Waals surface area contributed by atoms with Crippen molar-refractivity contribution in [2.24, 2.45) is 11.7 Å². The van der Waals surface area contributed by atoms with E-state index >= 15 is 0 Å². The number of nitrogens with zero attached hydrogens (tertiary/aromatic N) is 2. The molecule has 1 heterocycles. The van der Waals surface area contributed by atoms with Crippen molar-refractivity contribution in [2.45, 2.75) is 19.9 Å². The van der Waals surface area contributed by atoms with E-state index in [1.165, 1.54) is 7.11 Å². The number of carbonyl (C=O) groups is 2. The van der Waals surface area contributed by atoms with Gasteiger partial charge >= 0.3 is 5.97 Å². The molecule has 0 unspecified atom stereocenters. The molecule has 18 heavy (non-hydrogen) atoms. The Balaban J connectivity index is 2.39. The van der Waals surface area contributed by atoms with E-state index in [1.54, 1.807) is 4.90 Å². The lowest BCUT2D eigenvalue weighted by atomic mass is 10.0. The number of esters is 1. The number of carbonyl (C=O) groups excluding carboxylic acids is 2. The summed E-state index contributed by atoms with van der Waals surface area (Å²) in [5.41, 5.74) is 5.85. The fourth-order valence-electron chi connectivity index (χ4n) is 1.87.